The van der Waals surface area contributed by atoms with Crippen molar-refractivity contribution in [2.75, 3.05) is 19.6 Å². The minimum Gasteiger partial charge on any atom is -0.340 e. The first-order valence-electron chi connectivity index (χ1n) is 9.73. The standard InChI is InChI=1S/C19H26N4O3/c1-13(22-9-4-7-18(22)25)19(26)21-8-2-5-14(12-21)15-11-17(24)20-16-6-3-10-23(15)16/h11,13-14H,2-10,12H2,1H3/t13-,14-/m1/s1. The van der Waals surface area contributed by atoms with E-state index >= 15 is 0 Å². The first-order chi connectivity index (χ1) is 12.5. The van der Waals surface area contributed by atoms with Crippen LogP contribution in [-0.2, 0) is 22.6 Å². The van der Waals surface area contributed by atoms with E-state index in [2.05, 4.69) is 9.55 Å². The summed E-state index contributed by atoms with van der Waals surface area (Å²) in [4.78, 5) is 44.6. The minimum atomic E-state index is -0.394. The van der Waals surface area contributed by atoms with Gasteiger partial charge in [-0.15, -0.1) is 0 Å². The first-order valence-corrected chi connectivity index (χ1v) is 9.73. The van der Waals surface area contributed by atoms with Crippen LogP contribution in [0.15, 0.2) is 10.9 Å². The number of carbonyl (C=O) groups is 2. The van der Waals surface area contributed by atoms with Gasteiger partial charge in [-0.3, -0.25) is 14.4 Å². The topological polar surface area (TPSA) is 75.5 Å². The van der Waals surface area contributed by atoms with Gasteiger partial charge in [-0.05, 0) is 32.6 Å². The Labute approximate surface area is 153 Å². The molecule has 3 aliphatic rings. The van der Waals surface area contributed by atoms with E-state index in [0.717, 1.165) is 56.7 Å². The molecule has 7 nitrogen and oxygen atoms in total. The number of carbonyl (C=O) groups excluding carboxylic acids is 2. The third-order valence-corrected chi connectivity index (χ3v) is 6.00. The predicted molar refractivity (Wildman–Crippen MR) is 95.8 cm³/mol. The molecule has 0 N–H and O–H groups in total. The molecule has 3 aliphatic heterocycles. The van der Waals surface area contributed by atoms with E-state index in [9.17, 15) is 14.4 Å². The van der Waals surface area contributed by atoms with Crippen LogP contribution in [0.5, 0.6) is 0 Å². The van der Waals surface area contributed by atoms with E-state index in [0.29, 0.717) is 19.5 Å². The van der Waals surface area contributed by atoms with E-state index in [1.165, 1.54) is 0 Å². The zero-order valence-corrected chi connectivity index (χ0v) is 15.3. The Morgan fingerprint density at radius 1 is 1.15 bits per heavy atom. The normalized spacial score (nSPS) is 24.0. The molecule has 2 fully saturated rings. The maximum absolute atomic E-state index is 13.0. The highest BCUT2D eigenvalue weighted by Crippen LogP contribution is 2.29. The van der Waals surface area contributed by atoms with Crippen LogP contribution in [0.3, 0.4) is 0 Å². The van der Waals surface area contributed by atoms with Crippen LogP contribution in [0.1, 0.15) is 56.5 Å². The molecule has 140 valence electrons. The molecule has 7 heteroatoms. The Morgan fingerprint density at radius 2 is 1.96 bits per heavy atom. The van der Waals surface area contributed by atoms with E-state index in [4.69, 9.17) is 0 Å². The average molecular weight is 358 g/mol. The fourth-order valence-corrected chi connectivity index (χ4v) is 4.65. The van der Waals surface area contributed by atoms with Crippen molar-refractivity contribution in [3.05, 3.63) is 27.9 Å². The zero-order valence-electron chi connectivity index (χ0n) is 15.3. The number of rotatable bonds is 3. The third-order valence-electron chi connectivity index (χ3n) is 6.00. The van der Waals surface area contributed by atoms with E-state index in [1.54, 1.807) is 11.0 Å². The second kappa shape index (κ2) is 6.85. The van der Waals surface area contributed by atoms with Crippen LogP contribution in [0.4, 0.5) is 0 Å². The van der Waals surface area contributed by atoms with Crippen molar-refractivity contribution in [1.82, 2.24) is 19.4 Å². The van der Waals surface area contributed by atoms with Crippen LogP contribution in [0.25, 0.3) is 0 Å². The summed E-state index contributed by atoms with van der Waals surface area (Å²) in [7, 11) is 0. The quantitative estimate of drug-likeness (QED) is 0.805. The molecule has 0 aliphatic carbocycles. The molecule has 1 aromatic heterocycles. The second-order valence-electron chi connectivity index (χ2n) is 7.68. The maximum Gasteiger partial charge on any atom is 0.273 e. The average Bonchev–Trinajstić information content (AvgIpc) is 3.28. The summed E-state index contributed by atoms with van der Waals surface area (Å²) in [5.41, 5.74) is 0.854. The molecular weight excluding hydrogens is 332 g/mol. The predicted octanol–water partition coefficient (Wildman–Crippen LogP) is 0.906. The smallest absolute Gasteiger partial charge is 0.273 e. The summed E-state index contributed by atoms with van der Waals surface area (Å²) >= 11 is 0. The summed E-state index contributed by atoms with van der Waals surface area (Å²) in [5, 5.41) is 0. The van der Waals surface area contributed by atoms with Crippen molar-refractivity contribution in [2.45, 2.75) is 64.0 Å². The lowest BCUT2D eigenvalue weighted by Crippen LogP contribution is -2.50. The van der Waals surface area contributed by atoms with Gasteiger partial charge in [0.05, 0.1) is 0 Å². The number of hydrogen-bond acceptors (Lipinski definition) is 4. The van der Waals surface area contributed by atoms with Crippen molar-refractivity contribution < 1.29 is 9.59 Å². The number of nitrogens with zero attached hydrogens (tertiary/aromatic N) is 4. The SMILES string of the molecule is C[C@H](C(=O)N1CCC[C@@H](c2cc(=O)nc3n2CCC3)C1)N1CCCC1=O. The number of aryl methyl sites for hydroxylation is 1. The lowest BCUT2D eigenvalue weighted by molar-refractivity contribution is -0.143. The molecule has 4 heterocycles. The molecule has 0 spiro atoms. The van der Waals surface area contributed by atoms with Gasteiger partial charge in [0.1, 0.15) is 11.9 Å². The summed E-state index contributed by atoms with van der Waals surface area (Å²) in [6, 6.07) is 1.26. The van der Waals surface area contributed by atoms with Gasteiger partial charge in [0.25, 0.3) is 5.56 Å². The van der Waals surface area contributed by atoms with Gasteiger partial charge in [-0.2, -0.15) is 4.98 Å². The molecule has 0 saturated carbocycles. The van der Waals surface area contributed by atoms with Gasteiger partial charge in [0, 0.05) is 56.7 Å². The van der Waals surface area contributed by atoms with E-state index in [-0.39, 0.29) is 23.3 Å². The summed E-state index contributed by atoms with van der Waals surface area (Å²) in [5.74, 6) is 1.16. The van der Waals surface area contributed by atoms with E-state index < -0.39 is 6.04 Å². The fourth-order valence-electron chi connectivity index (χ4n) is 4.65. The largest absolute Gasteiger partial charge is 0.340 e. The molecular formula is C19H26N4O3. The van der Waals surface area contributed by atoms with Crippen molar-refractivity contribution in [2.24, 2.45) is 0 Å². The Kier molecular flexibility index (Phi) is 4.54. The van der Waals surface area contributed by atoms with E-state index in [1.807, 2.05) is 11.8 Å². The highest BCUT2D eigenvalue weighted by Gasteiger charge is 2.35. The van der Waals surface area contributed by atoms with Gasteiger partial charge in [0.15, 0.2) is 0 Å². The number of fused-ring (bicyclic) bond motifs is 1. The molecule has 0 unspecified atom stereocenters. The number of likely N-dealkylation sites (tertiary alicyclic amines) is 2. The minimum absolute atomic E-state index is 0.0306. The summed E-state index contributed by atoms with van der Waals surface area (Å²) in [6.07, 6.45) is 5.16. The molecule has 1 aromatic rings. The lowest BCUT2D eigenvalue weighted by atomic mass is 9.93. The van der Waals surface area contributed by atoms with Crippen molar-refractivity contribution in [1.29, 1.82) is 0 Å². The fraction of sp³-hybridized carbons (Fsp3) is 0.684. The Bertz CT molecular complexity index is 787. The van der Waals surface area contributed by atoms with Crippen LogP contribution >= 0.6 is 0 Å². The number of aromatic nitrogens is 2. The molecule has 2 amide bonds. The Morgan fingerprint density at radius 3 is 2.73 bits per heavy atom. The number of hydrogen-bond donors (Lipinski definition) is 0. The Balaban J connectivity index is 1.52. The molecule has 4 rings (SSSR count). The third kappa shape index (κ3) is 3.04. The lowest BCUT2D eigenvalue weighted by Gasteiger charge is -2.37. The van der Waals surface area contributed by atoms with Crippen LogP contribution in [-0.4, -0.2) is 56.8 Å². The van der Waals surface area contributed by atoms with Crippen LogP contribution in [0.2, 0.25) is 0 Å². The highest BCUT2D eigenvalue weighted by atomic mass is 16.2. The van der Waals surface area contributed by atoms with Crippen molar-refractivity contribution >= 4 is 11.8 Å². The highest BCUT2D eigenvalue weighted by molar-refractivity contribution is 5.88. The van der Waals surface area contributed by atoms with Crippen molar-refractivity contribution in [3.8, 4) is 0 Å². The molecule has 2 saturated heterocycles. The van der Waals surface area contributed by atoms with Gasteiger partial charge in [-0.25, -0.2) is 0 Å². The van der Waals surface area contributed by atoms with Gasteiger partial charge in [-0.1, -0.05) is 0 Å². The molecule has 26 heavy (non-hydrogen) atoms. The second-order valence-corrected chi connectivity index (χ2v) is 7.68. The zero-order chi connectivity index (χ0) is 18.3. The molecule has 2 atom stereocenters. The van der Waals surface area contributed by atoms with Gasteiger partial charge < -0.3 is 14.4 Å². The maximum atomic E-state index is 13.0. The monoisotopic (exact) mass is 358 g/mol. The van der Waals surface area contributed by atoms with Crippen LogP contribution in [0, 0.1) is 0 Å². The summed E-state index contributed by atoms with van der Waals surface area (Å²) < 4.78 is 2.17. The van der Waals surface area contributed by atoms with Gasteiger partial charge in [0.2, 0.25) is 11.8 Å². The number of piperidine rings is 1. The molecule has 0 bridgehead atoms. The Hall–Kier alpha value is -2.18. The molecule has 0 aromatic carbocycles. The first kappa shape index (κ1) is 17.2. The summed E-state index contributed by atoms with van der Waals surface area (Å²) in [6.45, 7) is 4.76. The number of amides is 2. The van der Waals surface area contributed by atoms with Crippen molar-refractivity contribution in [3.63, 3.8) is 0 Å². The van der Waals surface area contributed by atoms with Crippen LogP contribution < -0.4 is 5.56 Å². The molecule has 0 radical (unpaired) electrons. The van der Waals surface area contributed by atoms with Gasteiger partial charge >= 0.3 is 0 Å².